The van der Waals surface area contributed by atoms with Crippen LogP contribution in [0.2, 0.25) is 0 Å². The van der Waals surface area contributed by atoms with Crippen LogP contribution in [0, 0.1) is 5.92 Å². The van der Waals surface area contributed by atoms with Gasteiger partial charge in [0.25, 0.3) is 0 Å². The summed E-state index contributed by atoms with van der Waals surface area (Å²) >= 11 is 0. The molecule has 4 heteroatoms. The van der Waals surface area contributed by atoms with E-state index in [1.54, 1.807) is 0 Å². The first-order chi connectivity index (χ1) is 8.17. The lowest BCUT2D eigenvalue weighted by atomic mass is 10.1. The number of rotatable bonds is 5. The SMILES string of the molecule is CN1CCC(CN(C)Cc2ccc(CN)o2)C1. The number of hydrogen-bond acceptors (Lipinski definition) is 4. The van der Waals surface area contributed by atoms with Crippen molar-refractivity contribution < 1.29 is 4.42 Å². The summed E-state index contributed by atoms with van der Waals surface area (Å²) in [6.45, 7) is 4.95. The molecule has 1 saturated heterocycles. The minimum Gasteiger partial charge on any atom is -0.463 e. The largest absolute Gasteiger partial charge is 0.463 e. The molecule has 0 spiro atoms. The third-order valence-corrected chi connectivity index (χ3v) is 3.40. The van der Waals surface area contributed by atoms with Crippen molar-refractivity contribution in [1.82, 2.24) is 9.80 Å². The summed E-state index contributed by atoms with van der Waals surface area (Å²) in [6.07, 6.45) is 1.31. The van der Waals surface area contributed by atoms with Crippen LogP contribution >= 0.6 is 0 Å². The Bertz CT molecular complexity index is 350. The average molecular weight is 237 g/mol. The molecule has 1 aliphatic rings. The van der Waals surface area contributed by atoms with E-state index in [4.69, 9.17) is 10.2 Å². The summed E-state index contributed by atoms with van der Waals surface area (Å²) in [7, 11) is 4.35. The molecular weight excluding hydrogens is 214 g/mol. The van der Waals surface area contributed by atoms with E-state index in [1.165, 1.54) is 19.5 Å². The molecule has 1 aromatic heterocycles. The molecule has 4 nitrogen and oxygen atoms in total. The van der Waals surface area contributed by atoms with Crippen LogP contribution in [0.25, 0.3) is 0 Å². The zero-order valence-corrected chi connectivity index (χ0v) is 10.9. The maximum Gasteiger partial charge on any atom is 0.118 e. The highest BCUT2D eigenvalue weighted by Gasteiger charge is 2.20. The lowest BCUT2D eigenvalue weighted by Gasteiger charge is -2.19. The van der Waals surface area contributed by atoms with Crippen molar-refractivity contribution in [1.29, 1.82) is 0 Å². The zero-order valence-electron chi connectivity index (χ0n) is 10.9. The second-order valence-corrected chi connectivity index (χ2v) is 5.19. The fourth-order valence-electron chi connectivity index (χ4n) is 2.56. The van der Waals surface area contributed by atoms with Crippen LogP contribution in [0.5, 0.6) is 0 Å². The van der Waals surface area contributed by atoms with E-state index in [9.17, 15) is 0 Å². The molecule has 96 valence electrons. The third kappa shape index (κ3) is 3.56. The highest BCUT2D eigenvalue weighted by molar-refractivity contribution is 5.06. The first-order valence-electron chi connectivity index (χ1n) is 6.32. The normalized spacial score (nSPS) is 21.5. The summed E-state index contributed by atoms with van der Waals surface area (Å²) in [6, 6.07) is 3.99. The highest BCUT2D eigenvalue weighted by atomic mass is 16.3. The van der Waals surface area contributed by atoms with Gasteiger partial charge in [0.2, 0.25) is 0 Å². The molecule has 2 N–H and O–H groups in total. The number of hydrogen-bond donors (Lipinski definition) is 1. The topological polar surface area (TPSA) is 45.6 Å². The minimum absolute atomic E-state index is 0.483. The van der Waals surface area contributed by atoms with Crippen molar-refractivity contribution in [2.24, 2.45) is 11.7 Å². The van der Waals surface area contributed by atoms with Crippen molar-refractivity contribution in [3.05, 3.63) is 23.7 Å². The van der Waals surface area contributed by atoms with Crippen molar-refractivity contribution in [3.63, 3.8) is 0 Å². The maximum atomic E-state index is 5.61. The van der Waals surface area contributed by atoms with Gasteiger partial charge in [0.15, 0.2) is 0 Å². The third-order valence-electron chi connectivity index (χ3n) is 3.40. The van der Waals surface area contributed by atoms with Gasteiger partial charge in [-0.2, -0.15) is 0 Å². The second-order valence-electron chi connectivity index (χ2n) is 5.19. The molecule has 17 heavy (non-hydrogen) atoms. The van der Waals surface area contributed by atoms with E-state index in [-0.39, 0.29) is 0 Å². The standard InChI is InChI=1S/C13H23N3O/c1-15-6-5-11(8-15)9-16(2)10-13-4-3-12(7-14)17-13/h3-4,11H,5-10,14H2,1-2H3. The summed E-state index contributed by atoms with van der Waals surface area (Å²) in [4.78, 5) is 4.74. The Labute approximate surface area is 103 Å². The molecule has 0 aromatic carbocycles. The zero-order chi connectivity index (χ0) is 12.3. The van der Waals surface area contributed by atoms with Gasteiger partial charge in [0.05, 0.1) is 13.1 Å². The van der Waals surface area contributed by atoms with Gasteiger partial charge < -0.3 is 15.1 Å². The van der Waals surface area contributed by atoms with E-state index in [1.807, 2.05) is 12.1 Å². The van der Waals surface area contributed by atoms with Crippen LogP contribution in [-0.2, 0) is 13.1 Å². The first kappa shape index (κ1) is 12.6. The summed E-state index contributed by atoms with van der Waals surface area (Å²) in [5.74, 6) is 2.68. The Balaban J connectivity index is 1.78. The van der Waals surface area contributed by atoms with E-state index >= 15 is 0 Å². The number of likely N-dealkylation sites (tertiary alicyclic amines) is 1. The van der Waals surface area contributed by atoms with E-state index in [2.05, 4.69) is 23.9 Å². The predicted octanol–water partition coefficient (Wildman–Crippen LogP) is 1.12. The summed E-state index contributed by atoms with van der Waals surface area (Å²) < 4.78 is 5.61. The van der Waals surface area contributed by atoms with Crippen LogP contribution in [0.3, 0.4) is 0 Å². The van der Waals surface area contributed by atoms with Gasteiger partial charge in [0, 0.05) is 13.1 Å². The number of nitrogens with two attached hydrogens (primary N) is 1. The smallest absolute Gasteiger partial charge is 0.118 e. The Morgan fingerprint density at radius 2 is 2.24 bits per heavy atom. The van der Waals surface area contributed by atoms with Gasteiger partial charge in [-0.3, -0.25) is 4.90 Å². The molecule has 0 amide bonds. The van der Waals surface area contributed by atoms with Crippen LogP contribution in [0.15, 0.2) is 16.5 Å². The lowest BCUT2D eigenvalue weighted by Crippen LogP contribution is -2.26. The predicted molar refractivity (Wildman–Crippen MR) is 68.5 cm³/mol. The Hall–Kier alpha value is -0.840. The Morgan fingerprint density at radius 3 is 2.82 bits per heavy atom. The molecule has 1 aromatic rings. The van der Waals surface area contributed by atoms with Gasteiger partial charge >= 0.3 is 0 Å². The van der Waals surface area contributed by atoms with Crippen molar-refractivity contribution >= 4 is 0 Å². The monoisotopic (exact) mass is 237 g/mol. The molecule has 1 aliphatic heterocycles. The van der Waals surface area contributed by atoms with Crippen molar-refractivity contribution in [2.75, 3.05) is 33.7 Å². The Morgan fingerprint density at radius 1 is 1.47 bits per heavy atom. The van der Waals surface area contributed by atoms with Crippen LogP contribution in [-0.4, -0.2) is 43.5 Å². The summed E-state index contributed by atoms with van der Waals surface area (Å²) in [5.41, 5.74) is 5.53. The van der Waals surface area contributed by atoms with Crippen LogP contribution < -0.4 is 5.73 Å². The minimum atomic E-state index is 0.483. The van der Waals surface area contributed by atoms with E-state index in [0.29, 0.717) is 6.54 Å². The Kier molecular flexibility index (Phi) is 4.20. The molecular formula is C13H23N3O. The number of nitrogens with zero attached hydrogens (tertiary/aromatic N) is 2. The molecule has 2 heterocycles. The van der Waals surface area contributed by atoms with Crippen molar-refractivity contribution in [2.45, 2.75) is 19.5 Å². The fraction of sp³-hybridized carbons (Fsp3) is 0.692. The van der Waals surface area contributed by atoms with Crippen molar-refractivity contribution in [3.8, 4) is 0 Å². The van der Waals surface area contributed by atoms with E-state index in [0.717, 1.165) is 30.5 Å². The first-order valence-corrected chi connectivity index (χ1v) is 6.32. The average Bonchev–Trinajstić information content (AvgIpc) is 2.88. The van der Waals surface area contributed by atoms with Gasteiger partial charge in [0.1, 0.15) is 11.5 Å². The number of furan rings is 1. The molecule has 0 aliphatic carbocycles. The van der Waals surface area contributed by atoms with Gasteiger partial charge in [-0.1, -0.05) is 0 Å². The highest BCUT2D eigenvalue weighted by Crippen LogP contribution is 2.16. The summed E-state index contributed by atoms with van der Waals surface area (Å²) in [5, 5.41) is 0. The molecule has 2 rings (SSSR count). The van der Waals surface area contributed by atoms with Crippen LogP contribution in [0.4, 0.5) is 0 Å². The lowest BCUT2D eigenvalue weighted by molar-refractivity contribution is 0.247. The molecule has 1 unspecified atom stereocenters. The van der Waals surface area contributed by atoms with Gasteiger partial charge in [-0.15, -0.1) is 0 Å². The van der Waals surface area contributed by atoms with Gasteiger partial charge in [-0.05, 0) is 45.1 Å². The van der Waals surface area contributed by atoms with E-state index < -0.39 is 0 Å². The van der Waals surface area contributed by atoms with Crippen LogP contribution in [0.1, 0.15) is 17.9 Å². The quantitative estimate of drug-likeness (QED) is 0.833. The maximum absolute atomic E-state index is 5.61. The van der Waals surface area contributed by atoms with Gasteiger partial charge in [-0.25, -0.2) is 0 Å². The molecule has 1 atom stereocenters. The molecule has 0 bridgehead atoms. The molecule has 0 radical (unpaired) electrons. The molecule has 0 saturated carbocycles. The molecule has 1 fully saturated rings. The second kappa shape index (κ2) is 5.67. The fourth-order valence-corrected chi connectivity index (χ4v) is 2.56.